The first-order valence-electron chi connectivity index (χ1n) is 5.53. The first-order valence-corrected chi connectivity index (χ1v) is 6.34. The molecule has 84 valence electrons. The molecule has 0 aliphatic heterocycles. The molecule has 0 aliphatic carbocycles. The largest absolute Gasteiger partial charge is 0.120 e. The second-order valence-electron chi connectivity index (χ2n) is 5.91. The molecule has 0 spiro atoms. The van der Waals surface area contributed by atoms with Gasteiger partial charge in [-0.2, -0.15) is 0 Å². The lowest BCUT2D eigenvalue weighted by Crippen LogP contribution is -2.23. The van der Waals surface area contributed by atoms with E-state index in [-0.39, 0.29) is 0 Å². The second-order valence-corrected chi connectivity index (χ2v) is 7.69. The van der Waals surface area contributed by atoms with Gasteiger partial charge in [0, 0.05) is 9.64 Å². The van der Waals surface area contributed by atoms with Crippen LogP contribution in [0.1, 0.15) is 41.0 Å². The monoisotopic (exact) mass is 222 g/mol. The van der Waals surface area contributed by atoms with Crippen LogP contribution in [0.25, 0.3) is 0 Å². The molecule has 0 saturated heterocycles. The van der Waals surface area contributed by atoms with Crippen LogP contribution in [0.15, 0.2) is 35.2 Å². The van der Waals surface area contributed by atoms with Crippen LogP contribution in [0.5, 0.6) is 0 Å². The van der Waals surface area contributed by atoms with Gasteiger partial charge in [-0.15, -0.1) is 11.8 Å². The molecule has 0 unspecified atom stereocenters. The number of hydrogen-bond donors (Lipinski definition) is 0. The molecule has 1 aromatic carbocycles. The van der Waals surface area contributed by atoms with Gasteiger partial charge >= 0.3 is 0 Å². The van der Waals surface area contributed by atoms with Gasteiger partial charge in [0.2, 0.25) is 0 Å². The molecule has 15 heavy (non-hydrogen) atoms. The summed E-state index contributed by atoms with van der Waals surface area (Å²) in [6.45, 7) is 11.6. The highest BCUT2D eigenvalue weighted by Crippen LogP contribution is 2.40. The van der Waals surface area contributed by atoms with Crippen LogP contribution in [-0.2, 0) is 0 Å². The van der Waals surface area contributed by atoms with Gasteiger partial charge in [-0.25, -0.2) is 0 Å². The van der Waals surface area contributed by atoms with Crippen molar-refractivity contribution in [3.8, 4) is 0 Å². The van der Waals surface area contributed by atoms with Crippen LogP contribution >= 0.6 is 11.8 Å². The number of thioether (sulfide) groups is 1. The Labute approximate surface area is 98.5 Å². The predicted octanol–water partition coefficient (Wildman–Crippen LogP) is 4.99. The standard InChI is InChI=1S/C14H22S/c1-13(2,3)11-14(4,5)15-12-9-7-6-8-10-12/h6-10H,11H2,1-5H3. The van der Waals surface area contributed by atoms with Crippen LogP contribution in [-0.4, -0.2) is 4.75 Å². The summed E-state index contributed by atoms with van der Waals surface area (Å²) in [5, 5.41) is 0. The van der Waals surface area contributed by atoms with Crippen molar-refractivity contribution in [2.45, 2.75) is 50.7 Å². The van der Waals surface area contributed by atoms with Crippen LogP contribution in [0.3, 0.4) is 0 Å². The molecule has 0 N–H and O–H groups in total. The lowest BCUT2D eigenvalue weighted by molar-refractivity contribution is 0.339. The van der Waals surface area contributed by atoms with Gasteiger partial charge in [-0.05, 0) is 24.0 Å². The van der Waals surface area contributed by atoms with Crippen molar-refractivity contribution in [2.24, 2.45) is 5.41 Å². The lowest BCUT2D eigenvalue weighted by atomic mass is 9.86. The van der Waals surface area contributed by atoms with Crippen LogP contribution in [0.2, 0.25) is 0 Å². The Morgan fingerprint density at radius 3 is 1.93 bits per heavy atom. The van der Waals surface area contributed by atoms with Gasteiger partial charge < -0.3 is 0 Å². The molecule has 0 amide bonds. The molecule has 1 aromatic rings. The second kappa shape index (κ2) is 4.61. The lowest BCUT2D eigenvalue weighted by Gasteiger charge is -2.31. The SMILES string of the molecule is CC(C)(C)CC(C)(C)Sc1ccccc1. The van der Waals surface area contributed by atoms with E-state index in [1.165, 1.54) is 11.3 Å². The third kappa shape index (κ3) is 5.27. The third-order valence-corrected chi connectivity index (χ3v) is 3.30. The molecule has 0 atom stereocenters. The summed E-state index contributed by atoms with van der Waals surface area (Å²) >= 11 is 1.97. The van der Waals surface area contributed by atoms with E-state index in [2.05, 4.69) is 65.0 Å². The van der Waals surface area contributed by atoms with Crippen molar-refractivity contribution in [2.75, 3.05) is 0 Å². The highest BCUT2D eigenvalue weighted by molar-refractivity contribution is 8.00. The van der Waals surface area contributed by atoms with Crippen molar-refractivity contribution >= 4 is 11.8 Å². The Bertz CT molecular complexity index is 293. The average Bonchev–Trinajstić information content (AvgIpc) is 1.99. The molecule has 1 heteroatoms. The quantitative estimate of drug-likeness (QED) is 0.649. The molecule has 0 nitrogen and oxygen atoms in total. The summed E-state index contributed by atoms with van der Waals surface area (Å²) in [7, 11) is 0. The van der Waals surface area contributed by atoms with Crippen molar-refractivity contribution in [1.82, 2.24) is 0 Å². The number of benzene rings is 1. The summed E-state index contributed by atoms with van der Waals surface area (Å²) in [4.78, 5) is 1.37. The van der Waals surface area contributed by atoms with E-state index in [1.807, 2.05) is 11.8 Å². The molecule has 0 radical (unpaired) electrons. The Balaban J connectivity index is 2.65. The molecular formula is C14H22S. The highest BCUT2D eigenvalue weighted by Gasteiger charge is 2.26. The zero-order chi connectivity index (χ0) is 11.5. The zero-order valence-electron chi connectivity index (χ0n) is 10.5. The van der Waals surface area contributed by atoms with E-state index in [0.717, 1.165) is 0 Å². The molecule has 0 saturated carbocycles. The van der Waals surface area contributed by atoms with Crippen LogP contribution in [0, 0.1) is 5.41 Å². The Kier molecular flexibility index (Phi) is 3.88. The summed E-state index contributed by atoms with van der Waals surface area (Å²) in [5.74, 6) is 0. The normalized spacial score (nSPS) is 12.9. The minimum atomic E-state index is 0.305. The number of hydrogen-bond acceptors (Lipinski definition) is 1. The summed E-state index contributed by atoms with van der Waals surface area (Å²) in [5.41, 5.74) is 0.394. The van der Waals surface area contributed by atoms with E-state index < -0.39 is 0 Å². The van der Waals surface area contributed by atoms with Crippen LogP contribution in [0.4, 0.5) is 0 Å². The fourth-order valence-electron chi connectivity index (χ4n) is 2.12. The first-order chi connectivity index (χ1) is 6.79. The first kappa shape index (κ1) is 12.6. The summed E-state index contributed by atoms with van der Waals surface area (Å²) in [6.07, 6.45) is 1.22. The van der Waals surface area contributed by atoms with Crippen molar-refractivity contribution in [3.05, 3.63) is 30.3 Å². The van der Waals surface area contributed by atoms with Gasteiger partial charge in [0.1, 0.15) is 0 Å². The van der Waals surface area contributed by atoms with Gasteiger partial charge in [0.25, 0.3) is 0 Å². The molecule has 1 rings (SSSR count). The maximum absolute atomic E-state index is 2.33. The Morgan fingerprint density at radius 1 is 0.933 bits per heavy atom. The van der Waals surface area contributed by atoms with Crippen molar-refractivity contribution in [1.29, 1.82) is 0 Å². The van der Waals surface area contributed by atoms with E-state index in [4.69, 9.17) is 0 Å². The van der Waals surface area contributed by atoms with Gasteiger partial charge in [-0.3, -0.25) is 0 Å². The van der Waals surface area contributed by atoms with Crippen LogP contribution < -0.4 is 0 Å². The maximum atomic E-state index is 2.33. The minimum absolute atomic E-state index is 0.305. The van der Waals surface area contributed by atoms with Gasteiger partial charge in [0.15, 0.2) is 0 Å². The average molecular weight is 222 g/mol. The van der Waals surface area contributed by atoms with Crippen molar-refractivity contribution < 1.29 is 0 Å². The van der Waals surface area contributed by atoms with E-state index in [1.54, 1.807) is 0 Å². The third-order valence-electron chi connectivity index (χ3n) is 2.09. The molecule has 0 aromatic heterocycles. The maximum Gasteiger partial charge on any atom is 0.0155 e. The smallest absolute Gasteiger partial charge is 0.0155 e. The molecule has 0 fully saturated rings. The molecule has 0 bridgehead atoms. The Morgan fingerprint density at radius 2 is 1.47 bits per heavy atom. The number of rotatable bonds is 3. The molecule has 0 aliphatic rings. The van der Waals surface area contributed by atoms with E-state index in [9.17, 15) is 0 Å². The highest BCUT2D eigenvalue weighted by atomic mass is 32.2. The molecule has 0 heterocycles. The van der Waals surface area contributed by atoms with Gasteiger partial charge in [-0.1, -0.05) is 52.8 Å². The zero-order valence-corrected chi connectivity index (χ0v) is 11.3. The summed E-state index contributed by atoms with van der Waals surface area (Å²) < 4.78 is 0.305. The van der Waals surface area contributed by atoms with Gasteiger partial charge in [0.05, 0.1) is 0 Å². The van der Waals surface area contributed by atoms with Crippen molar-refractivity contribution in [3.63, 3.8) is 0 Å². The minimum Gasteiger partial charge on any atom is -0.120 e. The van der Waals surface area contributed by atoms with E-state index in [0.29, 0.717) is 10.2 Å². The summed E-state index contributed by atoms with van der Waals surface area (Å²) in [6, 6.07) is 10.7. The fraction of sp³-hybridized carbons (Fsp3) is 0.571. The Hall–Kier alpha value is -0.430. The fourth-order valence-corrected chi connectivity index (χ4v) is 3.56. The topological polar surface area (TPSA) is 0 Å². The predicted molar refractivity (Wildman–Crippen MR) is 70.5 cm³/mol. The molecular weight excluding hydrogens is 200 g/mol. The van der Waals surface area contributed by atoms with E-state index >= 15 is 0 Å².